The minimum absolute atomic E-state index is 0.318. The number of nitrogens with two attached hydrogens (primary N) is 1. The Bertz CT molecular complexity index is 1200. The van der Waals surface area contributed by atoms with Crippen molar-refractivity contribution in [1.29, 1.82) is 0 Å². The first-order valence-corrected chi connectivity index (χ1v) is 12.3. The molecule has 1 aliphatic heterocycles. The number of ether oxygens (including phenoxy) is 1. The second kappa shape index (κ2) is 12.3. The number of amides is 3. The number of unbranched alkanes of at least 4 members (excludes halogenated alkanes) is 1. The summed E-state index contributed by atoms with van der Waals surface area (Å²) >= 11 is 0. The van der Waals surface area contributed by atoms with Crippen LogP contribution in [0.3, 0.4) is 0 Å². The van der Waals surface area contributed by atoms with E-state index >= 15 is 0 Å². The molecule has 3 aromatic rings. The Labute approximate surface area is 210 Å². The van der Waals surface area contributed by atoms with Gasteiger partial charge in [-0.3, -0.25) is 14.4 Å². The minimum atomic E-state index is -0.899. The third-order valence-electron chi connectivity index (χ3n) is 6.19. The van der Waals surface area contributed by atoms with Gasteiger partial charge < -0.3 is 26.4 Å². The molecule has 1 saturated heterocycles. The number of anilines is 1. The van der Waals surface area contributed by atoms with Gasteiger partial charge in [0.1, 0.15) is 6.04 Å². The van der Waals surface area contributed by atoms with Crippen LogP contribution in [0.2, 0.25) is 0 Å². The monoisotopic (exact) mass is 488 g/mol. The fraction of sp³-hybridized carbons (Fsp3) is 0.321. The van der Waals surface area contributed by atoms with E-state index in [1.165, 1.54) is 0 Å². The van der Waals surface area contributed by atoms with Crippen LogP contribution >= 0.6 is 0 Å². The smallest absolute Gasteiger partial charge is 0.253 e. The van der Waals surface area contributed by atoms with Crippen LogP contribution in [0.25, 0.3) is 10.8 Å². The van der Waals surface area contributed by atoms with E-state index in [4.69, 9.17) is 10.5 Å². The molecule has 2 unspecified atom stereocenters. The van der Waals surface area contributed by atoms with Crippen LogP contribution in [0.15, 0.2) is 72.8 Å². The molecular formula is C28H32N4O4. The van der Waals surface area contributed by atoms with Crippen LogP contribution in [0.1, 0.15) is 24.8 Å². The molecule has 188 valence electrons. The van der Waals surface area contributed by atoms with Gasteiger partial charge in [-0.2, -0.15) is 0 Å². The van der Waals surface area contributed by atoms with Crippen LogP contribution < -0.4 is 21.7 Å². The van der Waals surface area contributed by atoms with Gasteiger partial charge in [-0.1, -0.05) is 66.7 Å². The molecule has 1 heterocycles. The lowest BCUT2D eigenvalue weighted by Crippen LogP contribution is -2.46. The van der Waals surface area contributed by atoms with Gasteiger partial charge in [0, 0.05) is 17.6 Å². The molecule has 36 heavy (non-hydrogen) atoms. The van der Waals surface area contributed by atoms with E-state index in [0.717, 1.165) is 22.8 Å². The number of fused-ring (bicyclic) bond motifs is 1. The second-order valence-corrected chi connectivity index (χ2v) is 8.87. The number of rotatable bonds is 12. The van der Waals surface area contributed by atoms with Crippen molar-refractivity contribution >= 4 is 34.2 Å². The fourth-order valence-corrected chi connectivity index (χ4v) is 4.16. The highest BCUT2D eigenvalue weighted by Gasteiger charge is 2.50. The maximum absolute atomic E-state index is 13.1. The van der Waals surface area contributed by atoms with Gasteiger partial charge in [-0.25, -0.2) is 0 Å². The van der Waals surface area contributed by atoms with E-state index in [-0.39, 0.29) is 11.8 Å². The molecule has 5 N–H and O–H groups in total. The van der Waals surface area contributed by atoms with Crippen LogP contribution in [-0.2, 0) is 25.5 Å². The summed E-state index contributed by atoms with van der Waals surface area (Å²) in [5.74, 6) is -1.11. The highest BCUT2D eigenvalue weighted by molar-refractivity contribution is 6.05. The average molecular weight is 489 g/mol. The van der Waals surface area contributed by atoms with E-state index < -0.39 is 24.2 Å². The SMILES string of the molecule is NCCCC[C@H](NC(=O)C1OC1C(=O)NCCc1ccccc1)C(=O)Nc1cccc2ccccc12. The van der Waals surface area contributed by atoms with Crippen molar-refractivity contribution in [1.82, 2.24) is 10.6 Å². The number of epoxide rings is 1. The van der Waals surface area contributed by atoms with Crippen LogP contribution in [0.4, 0.5) is 5.69 Å². The van der Waals surface area contributed by atoms with Gasteiger partial charge >= 0.3 is 0 Å². The summed E-state index contributed by atoms with van der Waals surface area (Å²) in [6, 6.07) is 22.5. The number of hydrogen-bond acceptors (Lipinski definition) is 5. The van der Waals surface area contributed by atoms with E-state index in [1.54, 1.807) is 0 Å². The first-order valence-electron chi connectivity index (χ1n) is 12.3. The number of benzene rings is 3. The molecule has 3 amide bonds. The summed E-state index contributed by atoms with van der Waals surface area (Å²) in [6.45, 7) is 0.953. The first-order chi connectivity index (χ1) is 17.6. The zero-order chi connectivity index (χ0) is 25.3. The van der Waals surface area contributed by atoms with Crippen LogP contribution in [0, 0.1) is 0 Å². The van der Waals surface area contributed by atoms with Gasteiger partial charge in [0.05, 0.1) is 0 Å². The Morgan fingerprint density at radius 2 is 1.58 bits per heavy atom. The zero-order valence-electron chi connectivity index (χ0n) is 20.1. The standard InChI is InChI=1S/C28H32N4O4/c29-17-7-6-14-23(26(33)31-22-15-8-12-20-11-4-5-13-21(20)22)32-28(35)25-24(36-25)27(34)30-18-16-19-9-2-1-3-10-19/h1-5,8-13,15,23-25H,6-7,14,16-18,29H2,(H,30,34)(H,31,33)(H,32,35)/t23-,24?,25?/m0/s1. The molecule has 0 aromatic heterocycles. The van der Waals surface area contributed by atoms with Crippen molar-refractivity contribution in [3.63, 3.8) is 0 Å². The zero-order valence-corrected chi connectivity index (χ0v) is 20.1. The Balaban J connectivity index is 1.32. The molecule has 0 spiro atoms. The summed E-state index contributed by atoms with van der Waals surface area (Å²) in [7, 11) is 0. The molecule has 1 aliphatic rings. The summed E-state index contributed by atoms with van der Waals surface area (Å²) in [6.07, 6.45) is 0.795. The molecular weight excluding hydrogens is 456 g/mol. The third kappa shape index (κ3) is 6.68. The fourth-order valence-electron chi connectivity index (χ4n) is 4.16. The second-order valence-electron chi connectivity index (χ2n) is 8.87. The predicted octanol–water partition coefficient (Wildman–Crippen LogP) is 2.52. The van der Waals surface area contributed by atoms with Gasteiger partial charge in [-0.05, 0) is 49.2 Å². The molecule has 4 rings (SSSR count). The lowest BCUT2D eigenvalue weighted by Gasteiger charge is -2.19. The van der Waals surface area contributed by atoms with E-state index in [9.17, 15) is 14.4 Å². The lowest BCUT2D eigenvalue weighted by molar-refractivity contribution is -0.127. The predicted molar refractivity (Wildman–Crippen MR) is 139 cm³/mol. The van der Waals surface area contributed by atoms with Crippen molar-refractivity contribution < 1.29 is 19.1 Å². The van der Waals surface area contributed by atoms with Crippen molar-refractivity contribution in [2.24, 2.45) is 5.73 Å². The Hall–Kier alpha value is -3.75. The Morgan fingerprint density at radius 3 is 2.39 bits per heavy atom. The van der Waals surface area contributed by atoms with Gasteiger partial charge in [0.2, 0.25) is 5.91 Å². The van der Waals surface area contributed by atoms with Crippen molar-refractivity contribution in [3.05, 3.63) is 78.4 Å². The van der Waals surface area contributed by atoms with Gasteiger partial charge in [0.25, 0.3) is 11.8 Å². The molecule has 3 aromatic carbocycles. The number of carbonyl (C=O) groups excluding carboxylic acids is 3. The third-order valence-corrected chi connectivity index (χ3v) is 6.19. The normalized spacial score (nSPS) is 17.2. The molecule has 0 radical (unpaired) electrons. The average Bonchev–Trinajstić information content (AvgIpc) is 3.70. The maximum Gasteiger partial charge on any atom is 0.253 e. The lowest BCUT2D eigenvalue weighted by atomic mass is 10.1. The number of nitrogens with one attached hydrogen (secondary N) is 3. The molecule has 0 aliphatic carbocycles. The Kier molecular flexibility index (Phi) is 8.65. The van der Waals surface area contributed by atoms with Crippen LogP contribution in [0.5, 0.6) is 0 Å². The maximum atomic E-state index is 13.1. The van der Waals surface area contributed by atoms with Crippen molar-refractivity contribution in [2.45, 2.75) is 43.9 Å². The molecule has 3 atom stereocenters. The van der Waals surface area contributed by atoms with E-state index in [0.29, 0.717) is 38.0 Å². The topological polar surface area (TPSA) is 126 Å². The quantitative estimate of drug-likeness (QED) is 0.230. The Morgan fingerprint density at radius 1 is 0.861 bits per heavy atom. The van der Waals surface area contributed by atoms with E-state index in [1.807, 2.05) is 72.8 Å². The van der Waals surface area contributed by atoms with Crippen LogP contribution in [-0.4, -0.2) is 49.1 Å². The summed E-state index contributed by atoms with van der Waals surface area (Å²) in [5, 5.41) is 10.5. The van der Waals surface area contributed by atoms with Crippen molar-refractivity contribution in [2.75, 3.05) is 18.4 Å². The molecule has 8 heteroatoms. The number of hydrogen-bond donors (Lipinski definition) is 4. The van der Waals surface area contributed by atoms with E-state index in [2.05, 4.69) is 16.0 Å². The van der Waals surface area contributed by atoms with Crippen molar-refractivity contribution in [3.8, 4) is 0 Å². The van der Waals surface area contributed by atoms with Gasteiger partial charge in [0.15, 0.2) is 12.2 Å². The molecule has 0 saturated carbocycles. The summed E-state index contributed by atoms with van der Waals surface area (Å²) in [4.78, 5) is 38.3. The summed E-state index contributed by atoms with van der Waals surface area (Å²) < 4.78 is 5.35. The minimum Gasteiger partial charge on any atom is -0.353 e. The highest BCUT2D eigenvalue weighted by atomic mass is 16.6. The first kappa shape index (κ1) is 25.3. The summed E-state index contributed by atoms with van der Waals surface area (Å²) in [5.41, 5.74) is 7.40. The molecule has 8 nitrogen and oxygen atoms in total. The highest BCUT2D eigenvalue weighted by Crippen LogP contribution is 2.25. The number of carbonyl (C=O) groups is 3. The largest absolute Gasteiger partial charge is 0.353 e. The molecule has 0 bridgehead atoms. The molecule has 1 fully saturated rings. The van der Waals surface area contributed by atoms with Gasteiger partial charge in [-0.15, -0.1) is 0 Å².